The highest BCUT2D eigenvalue weighted by Crippen LogP contribution is 2.40. The molecule has 0 unspecified atom stereocenters. The number of aliphatic imine (C=N–C) groups is 1. The monoisotopic (exact) mass is 957 g/mol. The molecule has 2 aliphatic heterocycles. The van der Waals surface area contributed by atoms with Crippen molar-refractivity contribution in [1.29, 1.82) is 0 Å². The van der Waals surface area contributed by atoms with E-state index in [1.165, 1.54) is 21.9 Å². The summed E-state index contributed by atoms with van der Waals surface area (Å²) in [5, 5.41) is 26.4. The Balaban J connectivity index is 0.986. The minimum absolute atomic E-state index is 0.00951. The second-order valence-electron chi connectivity index (χ2n) is 18.9. The van der Waals surface area contributed by atoms with Gasteiger partial charge in [-0.15, -0.1) is 32.9 Å². The molecule has 1 fully saturated rings. The van der Waals surface area contributed by atoms with Gasteiger partial charge in [0, 0.05) is 54.2 Å². The predicted octanol–water partition coefficient (Wildman–Crippen LogP) is 7.85. The van der Waals surface area contributed by atoms with Gasteiger partial charge in [0.15, 0.2) is 5.82 Å². The molecule has 0 aliphatic carbocycles. The van der Waals surface area contributed by atoms with E-state index in [1.54, 1.807) is 75.2 Å². The quantitative estimate of drug-likeness (QED) is 0.118. The number of halogens is 1. The van der Waals surface area contributed by atoms with E-state index in [-0.39, 0.29) is 36.4 Å². The molecule has 0 radical (unpaired) electrons. The number of benzene rings is 3. The van der Waals surface area contributed by atoms with E-state index in [0.717, 1.165) is 54.3 Å². The number of thiazole rings is 1. The summed E-state index contributed by atoms with van der Waals surface area (Å²) in [6.07, 6.45) is -0.807. The number of hydrogen-bond acceptors (Lipinski definition) is 11. The largest absolute Gasteiger partial charge is 0.391 e. The van der Waals surface area contributed by atoms with E-state index < -0.39 is 59.2 Å². The number of β-amino-alcohol motifs (C(OH)–C–C–N with tert-alkyl or cyclic N) is 1. The fourth-order valence-electron chi connectivity index (χ4n) is 8.80. The maximum atomic E-state index is 16.1. The van der Waals surface area contributed by atoms with Crippen LogP contribution in [0.3, 0.4) is 0 Å². The molecule has 0 bridgehead atoms. The number of rotatable bonds is 11. The van der Waals surface area contributed by atoms with E-state index in [2.05, 4.69) is 32.7 Å². The van der Waals surface area contributed by atoms with Crippen molar-refractivity contribution < 1.29 is 28.7 Å². The lowest BCUT2D eigenvalue weighted by Crippen LogP contribution is -2.57. The van der Waals surface area contributed by atoms with Gasteiger partial charge in [-0.3, -0.25) is 28.7 Å². The van der Waals surface area contributed by atoms with Crippen LogP contribution in [-0.2, 0) is 14.4 Å². The molecule has 8 rings (SSSR count). The number of aliphatic hydroxyl groups is 1. The van der Waals surface area contributed by atoms with Crippen molar-refractivity contribution in [2.24, 2.45) is 10.4 Å². The Kier molecular flexibility index (Phi) is 13.4. The number of fused-ring (bicyclic) bond motifs is 3. The zero-order valence-corrected chi connectivity index (χ0v) is 41.5. The van der Waals surface area contributed by atoms with Gasteiger partial charge >= 0.3 is 0 Å². The van der Waals surface area contributed by atoms with Crippen molar-refractivity contribution in [1.82, 2.24) is 40.2 Å². The molecule has 0 saturated carbocycles. The predicted molar refractivity (Wildman–Crippen MR) is 263 cm³/mol. The molecule has 17 heteroatoms. The Labute approximate surface area is 403 Å². The fourth-order valence-corrected chi connectivity index (χ4v) is 10.8. The second-order valence-corrected chi connectivity index (χ2v) is 21.0. The number of aryl methyl sites for hydroxylation is 3. The molecule has 354 valence electrons. The van der Waals surface area contributed by atoms with Crippen LogP contribution >= 0.6 is 22.7 Å². The van der Waals surface area contributed by atoms with Crippen molar-refractivity contribution in [3.05, 3.63) is 128 Å². The molecule has 3 N–H and O–H groups in total. The van der Waals surface area contributed by atoms with Crippen LogP contribution in [0.4, 0.5) is 4.39 Å². The number of nitrogens with one attached hydrogen (secondary N) is 2. The van der Waals surface area contributed by atoms with Gasteiger partial charge in [-0.2, -0.15) is 0 Å². The zero-order chi connectivity index (χ0) is 48.9. The number of aliphatic hydroxyl groups excluding tert-OH is 1. The first-order valence-electron chi connectivity index (χ1n) is 22.5. The van der Waals surface area contributed by atoms with Crippen LogP contribution in [0.1, 0.15) is 107 Å². The number of aromatic nitrogens is 4. The average molecular weight is 958 g/mol. The Bertz CT molecular complexity index is 2950. The van der Waals surface area contributed by atoms with Crippen molar-refractivity contribution in [2.45, 2.75) is 98.5 Å². The van der Waals surface area contributed by atoms with Crippen LogP contribution in [0.25, 0.3) is 26.6 Å². The molecule has 5 atom stereocenters. The van der Waals surface area contributed by atoms with Gasteiger partial charge < -0.3 is 25.5 Å². The van der Waals surface area contributed by atoms with E-state index in [0.29, 0.717) is 22.9 Å². The lowest BCUT2D eigenvalue weighted by atomic mass is 9.85. The number of nitrogens with zero attached hydrogens (tertiary/aromatic N) is 7. The Hall–Kier alpha value is -6.43. The molecule has 4 amide bonds. The van der Waals surface area contributed by atoms with E-state index >= 15 is 4.39 Å². The van der Waals surface area contributed by atoms with E-state index in [9.17, 15) is 24.3 Å². The SMILES string of the molecule is Cc1ncsc1-c1ccc([C@H](C)NC(=O)[C@@H]2C[C@@H](O)CN2C(=O)[C@@H](NC(=O)c2ccc(-c3ccc(C4=N[C@@H](CC(=O)N(C)C)c5nnc(C)n5-c5sc(C)c(C)c54)cc3)c(F)c2)C(C)(C)C)cc1. The number of thiophene rings is 1. The second kappa shape index (κ2) is 18.9. The van der Waals surface area contributed by atoms with Gasteiger partial charge in [-0.1, -0.05) is 75.4 Å². The first-order valence-corrected chi connectivity index (χ1v) is 24.2. The minimum Gasteiger partial charge on any atom is -0.391 e. The minimum atomic E-state index is -1.12. The maximum Gasteiger partial charge on any atom is 0.252 e. The lowest BCUT2D eigenvalue weighted by Gasteiger charge is -2.35. The average Bonchev–Trinajstić information content (AvgIpc) is 4.07. The van der Waals surface area contributed by atoms with Gasteiger partial charge in [-0.05, 0) is 74.4 Å². The molecule has 3 aromatic carbocycles. The first-order chi connectivity index (χ1) is 32.2. The maximum absolute atomic E-state index is 16.1. The number of carbonyl (C=O) groups excluding carboxylic acids is 4. The summed E-state index contributed by atoms with van der Waals surface area (Å²) in [6.45, 7) is 15.1. The standard InChI is InChI=1S/C51H56FN9O5S2/c1-26-29(4)68-50-42(26)43(55-39(23-41(63)59(9)10)46-58-57-30(5)61(46)50)33-15-13-32(14-16-33)37-20-19-35(21-38(37)52)47(64)56-45(51(6,7)8)49(66)60-24-36(62)22-40(60)48(65)54-27(2)31-11-17-34(18-12-31)44-28(3)53-25-67-44/h11-21,25,27,36,39-40,45,62H,22-24H2,1-10H3,(H,54,65)(H,56,64)/t27-,36+,39-,40-,45+/m0/s1. The van der Waals surface area contributed by atoms with Crippen LogP contribution in [0.2, 0.25) is 0 Å². The number of amides is 4. The third-order valence-corrected chi connectivity index (χ3v) is 15.0. The van der Waals surface area contributed by atoms with Crippen LogP contribution in [0.5, 0.6) is 0 Å². The molecule has 0 spiro atoms. The molecular formula is C51H56FN9O5S2. The first kappa shape index (κ1) is 48.0. The van der Waals surface area contributed by atoms with Crippen molar-refractivity contribution in [3.63, 3.8) is 0 Å². The Morgan fingerprint density at radius 2 is 1.60 bits per heavy atom. The van der Waals surface area contributed by atoms with Gasteiger partial charge in [0.05, 0.1) is 40.4 Å². The highest BCUT2D eigenvalue weighted by Gasteiger charge is 2.45. The molecule has 3 aromatic heterocycles. The number of carbonyl (C=O) groups is 4. The topological polar surface area (TPSA) is 175 Å². The van der Waals surface area contributed by atoms with Crippen LogP contribution in [0.15, 0.2) is 77.2 Å². The zero-order valence-electron chi connectivity index (χ0n) is 39.8. The number of likely N-dealkylation sites (tertiary alicyclic amines) is 1. The normalized spacial score (nSPS) is 17.7. The summed E-state index contributed by atoms with van der Waals surface area (Å²) in [5.41, 5.74) is 8.11. The molecule has 5 heterocycles. The molecule has 1 saturated heterocycles. The van der Waals surface area contributed by atoms with Gasteiger partial charge in [-0.25, -0.2) is 9.37 Å². The molecule has 68 heavy (non-hydrogen) atoms. The molecule has 14 nitrogen and oxygen atoms in total. The van der Waals surface area contributed by atoms with Crippen LogP contribution in [-0.4, -0.2) is 103 Å². The lowest BCUT2D eigenvalue weighted by molar-refractivity contribution is -0.142. The van der Waals surface area contributed by atoms with Gasteiger partial charge in [0.25, 0.3) is 5.91 Å². The fraction of sp³-hybridized carbons (Fsp3) is 0.373. The van der Waals surface area contributed by atoms with Crippen molar-refractivity contribution in [3.8, 4) is 26.6 Å². The Morgan fingerprint density at radius 1 is 0.926 bits per heavy atom. The van der Waals surface area contributed by atoms with Crippen LogP contribution < -0.4 is 10.6 Å². The highest BCUT2D eigenvalue weighted by atomic mass is 32.1. The van der Waals surface area contributed by atoms with Crippen LogP contribution in [0, 0.1) is 38.9 Å². The van der Waals surface area contributed by atoms with Gasteiger partial charge in [0.1, 0.15) is 34.8 Å². The van der Waals surface area contributed by atoms with Crippen molar-refractivity contribution in [2.75, 3.05) is 20.6 Å². The third kappa shape index (κ3) is 9.38. The summed E-state index contributed by atoms with van der Waals surface area (Å²) >= 11 is 3.17. The summed E-state index contributed by atoms with van der Waals surface area (Å²) in [4.78, 5) is 69.7. The Morgan fingerprint density at radius 3 is 2.24 bits per heavy atom. The summed E-state index contributed by atoms with van der Waals surface area (Å²) in [7, 11) is 3.42. The van der Waals surface area contributed by atoms with Gasteiger partial charge in [0.2, 0.25) is 17.7 Å². The van der Waals surface area contributed by atoms with E-state index in [1.807, 2.05) is 68.7 Å². The van der Waals surface area contributed by atoms with E-state index in [4.69, 9.17) is 4.99 Å². The van der Waals surface area contributed by atoms with Crippen molar-refractivity contribution >= 4 is 52.0 Å². The third-order valence-electron chi connectivity index (χ3n) is 12.8. The summed E-state index contributed by atoms with van der Waals surface area (Å²) < 4.78 is 18.1. The molecular weight excluding hydrogens is 902 g/mol. The smallest absolute Gasteiger partial charge is 0.252 e. The highest BCUT2D eigenvalue weighted by molar-refractivity contribution is 7.15. The summed E-state index contributed by atoms with van der Waals surface area (Å²) in [5.74, 6) is -1.07. The molecule has 2 aliphatic rings. The molecule has 6 aromatic rings. The summed E-state index contributed by atoms with van der Waals surface area (Å²) in [6, 6.07) is 16.3. The number of hydrogen-bond donors (Lipinski definition) is 3.